The minimum absolute atomic E-state index is 0.288. The number of halogens is 1. The second-order valence-electron chi connectivity index (χ2n) is 2.98. The first-order valence-electron chi connectivity index (χ1n) is 4.41. The Labute approximate surface area is 109 Å². The fraction of sp³-hybridized carbons (Fsp3) is 0. The maximum Gasteiger partial charge on any atom is 0.336 e. The molecule has 2 rings (SSSR count). The van der Waals surface area contributed by atoms with Gasteiger partial charge in [-0.25, -0.2) is 4.79 Å². The van der Waals surface area contributed by atoms with Crippen LogP contribution in [-0.4, -0.2) is 11.1 Å². The van der Waals surface area contributed by atoms with Crippen LogP contribution in [0.1, 0.15) is 10.4 Å². The molecule has 0 atom stereocenters. The molecule has 0 spiro atoms. The number of hydrogen-bond acceptors (Lipinski definition) is 3. The summed E-state index contributed by atoms with van der Waals surface area (Å²) in [5.74, 6) is -0.917. The average molecular weight is 315 g/mol. The van der Waals surface area contributed by atoms with Gasteiger partial charge in [0.15, 0.2) is 0 Å². The highest BCUT2D eigenvalue weighted by atomic mass is 79.9. The van der Waals surface area contributed by atoms with Gasteiger partial charge < -0.3 is 5.11 Å². The van der Waals surface area contributed by atoms with Crippen molar-refractivity contribution in [2.45, 2.75) is 9.10 Å². The van der Waals surface area contributed by atoms with E-state index in [2.05, 4.69) is 15.9 Å². The van der Waals surface area contributed by atoms with Crippen LogP contribution in [0.25, 0.3) is 0 Å². The highest BCUT2D eigenvalue weighted by molar-refractivity contribution is 9.10. The standard InChI is InChI=1S/C11H7BrO2S2/c12-9-6-7(3-4-8(9)11(13)14)16-10-2-1-5-15-10/h1-6H,(H,13,14). The summed E-state index contributed by atoms with van der Waals surface area (Å²) in [5.41, 5.74) is 0.288. The van der Waals surface area contributed by atoms with Gasteiger partial charge in [0.05, 0.1) is 9.77 Å². The summed E-state index contributed by atoms with van der Waals surface area (Å²) in [6, 6.07) is 9.29. The van der Waals surface area contributed by atoms with Crippen LogP contribution in [0, 0.1) is 0 Å². The molecule has 1 aromatic heterocycles. The van der Waals surface area contributed by atoms with Gasteiger partial charge in [0.1, 0.15) is 0 Å². The first-order chi connectivity index (χ1) is 7.66. The second-order valence-corrected chi connectivity index (χ2v) is 6.16. The van der Waals surface area contributed by atoms with Crippen molar-refractivity contribution < 1.29 is 9.90 Å². The summed E-state index contributed by atoms with van der Waals surface area (Å²) in [6.07, 6.45) is 0. The SMILES string of the molecule is O=C(O)c1ccc(Sc2cccs2)cc1Br. The van der Waals surface area contributed by atoms with Crippen molar-refractivity contribution in [1.82, 2.24) is 0 Å². The predicted octanol–water partition coefficient (Wildman–Crippen LogP) is 4.36. The molecule has 0 saturated carbocycles. The van der Waals surface area contributed by atoms with Crippen molar-refractivity contribution in [1.29, 1.82) is 0 Å². The Balaban J connectivity index is 2.24. The summed E-state index contributed by atoms with van der Waals surface area (Å²) < 4.78 is 1.80. The van der Waals surface area contributed by atoms with Gasteiger partial charge >= 0.3 is 5.97 Å². The molecule has 2 aromatic rings. The molecule has 0 radical (unpaired) electrons. The molecule has 1 heterocycles. The fourth-order valence-corrected chi connectivity index (χ4v) is 3.66. The van der Waals surface area contributed by atoms with E-state index in [0.717, 1.165) is 4.90 Å². The molecule has 0 saturated heterocycles. The molecule has 0 unspecified atom stereocenters. The molecule has 0 amide bonds. The minimum atomic E-state index is -0.917. The molecule has 0 aliphatic rings. The molecule has 0 aliphatic carbocycles. The van der Waals surface area contributed by atoms with E-state index >= 15 is 0 Å². The van der Waals surface area contributed by atoms with Crippen LogP contribution < -0.4 is 0 Å². The highest BCUT2D eigenvalue weighted by Crippen LogP contribution is 2.33. The van der Waals surface area contributed by atoms with E-state index < -0.39 is 5.97 Å². The van der Waals surface area contributed by atoms with Gasteiger partial charge in [0.25, 0.3) is 0 Å². The number of thiophene rings is 1. The fourth-order valence-electron chi connectivity index (χ4n) is 1.17. The molecule has 16 heavy (non-hydrogen) atoms. The zero-order valence-corrected chi connectivity index (χ0v) is 11.2. The van der Waals surface area contributed by atoms with Gasteiger partial charge in [0.2, 0.25) is 0 Å². The van der Waals surface area contributed by atoms with Crippen molar-refractivity contribution in [3.8, 4) is 0 Å². The van der Waals surface area contributed by atoms with Gasteiger partial charge in [-0.1, -0.05) is 17.8 Å². The Morgan fingerprint density at radius 3 is 2.75 bits per heavy atom. The lowest BCUT2D eigenvalue weighted by Crippen LogP contribution is -1.96. The Kier molecular flexibility index (Phi) is 3.68. The number of rotatable bonds is 3. The third-order valence-corrected chi connectivity index (χ3v) is 4.57. The minimum Gasteiger partial charge on any atom is -0.478 e. The maximum atomic E-state index is 10.8. The van der Waals surface area contributed by atoms with E-state index in [1.807, 2.05) is 29.6 Å². The number of hydrogen-bond donors (Lipinski definition) is 1. The van der Waals surface area contributed by atoms with E-state index in [1.54, 1.807) is 29.2 Å². The molecular formula is C11H7BrO2S2. The molecule has 82 valence electrons. The van der Waals surface area contributed by atoms with Crippen molar-refractivity contribution in [3.05, 3.63) is 45.7 Å². The smallest absolute Gasteiger partial charge is 0.336 e. The molecule has 0 bridgehead atoms. The van der Waals surface area contributed by atoms with Gasteiger partial charge in [-0.05, 0) is 45.6 Å². The number of aromatic carboxylic acids is 1. The number of carbonyl (C=O) groups is 1. The first-order valence-corrected chi connectivity index (χ1v) is 6.90. The highest BCUT2D eigenvalue weighted by Gasteiger charge is 2.09. The van der Waals surface area contributed by atoms with Gasteiger partial charge in [-0.3, -0.25) is 0 Å². The van der Waals surface area contributed by atoms with E-state index in [-0.39, 0.29) is 5.56 Å². The Morgan fingerprint density at radius 1 is 1.38 bits per heavy atom. The summed E-state index contributed by atoms with van der Waals surface area (Å²) >= 11 is 6.55. The van der Waals surface area contributed by atoms with Crippen LogP contribution >= 0.6 is 39.0 Å². The van der Waals surface area contributed by atoms with Gasteiger partial charge in [-0.2, -0.15) is 0 Å². The van der Waals surface area contributed by atoms with Gasteiger partial charge in [-0.15, -0.1) is 11.3 Å². The Bertz CT molecular complexity index is 509. The number of carboxylic acid groups (broad SMARTS) is 1. The lowest BCUT2D eigenvalue weighted by atomic mass is 10.2. The van der Waals surface area contributed by atoms with Crippen LogP contribution in [0.5, 0.6) is 0 Å². The van der Waals surface area contributed by atoms with Crippen molar-refractivity contribution in [3.63, 3.8) is 0 Å². The van der Waals surface area contributed by atoms with E-state index in [4.69, 9.17) is 5.11 Å². The van der Waals surface area contributed by atoms with Gasteiger partial charge in [0, 0.05) is 9.37 Å². The molecule has 5 heteroatoms. The number of benzene rings is 1. The van der Waals surface area contributed by atoms with E-state index in [1.165, 1.54) is 4.21 Å². The predicted molar refractivity (Wildman–Crippen MR) is 69.5 cm³/mol. The van der Waals surface area contributed by atoms with Crippen molar-refractivity contribution >= 4 is 45.0 Å². The zero-order chi connectivity index (χ0) is 11.5. The summed E-state index contributed by atoms with van der Waals surface area (Å²) in [6.45, 7) is 0. The van der Waals surface area contributed by atoms with Crippen LogP contribution in [0.3, 0.4) is 0 Å². The maximum absolute atomic E-state index is 10.8. The molecule has 1 aromatic carbocycles. The third kappa shape index (κ3) is 2.66. The normalized spacial score (nSPS) is 10.3. The topological polar surface area (TPSA) is 37.3 Å². The van der Waals surface area contributed by atoms with Crippen molar-refractivity contribution in [2.75, 3.05) is 0 Å². The summed E-state index contributed by atoms with van der Waals surface area (Å²) in [5, 5.41) is 10.9. The molecule has 1 N–H and O–H groups in total. The second kappa shape index (κ2) is 5.03. The Hall–Kier alpha value is -0.780. The first kappa shape index (κ1) is 11.7. The van der Waals surface area contributed by atoms with Crippen LogP contribution in [0.15, 0.2) is 49.3 Å². The third-order valence-electron chi connectivity index (χ3n) is 1.88. The molecular weight excluding hydrogens is 308 g/mol. The quantitative estimate of drug-likeness (QED) is 0.914. The van der Waals surface area contributed by atoms with Crippen LogP contribution in [0.2, 0.25) is 0 Å². The molecule has 0 aliphatic heterocycles. The van der Waals surface area contributed by atoms with Crippen molar-refractivity contribution in [2.24, 2.45) is 0 Å². The largest absolute Gasteiger partial charge is 0.478 e. The van der Waals surface area contributed by atoms with Crippen LogP contribution in [-0.2, 0) is 0 Å². The lowest BCUT2D eigenvalue weighted by Gasteiger charge is -2.02. The monoisotopic (exact) mass is 314 g/mol. The molecule has 0 fully saturated rings. The molecule has 2 nitrogen and oxygen atoms in total. The lowest BCUT2D eigenvalue weighted by molar-refractivity contribution is 0.0696. The summed E-state index contributed by atoms with van der Waals surface area (Å²) in [7, 11) is 0. The summed E-state index contributed by atoms with van der Waals surface area (Å²) in [4.78, 5) is 11.8. The average Bonchev–Trinajstić information content (AvgIpc) is 2.70. The van der Waals surface area contributed by atoms with E-state index in [9.17, 15) is 4.79 Å². The van der Waals surface area contributed by atoms with Crippen LogP contribution in [0.4, 0.5) is 0 Å². The zero-order valence-electron chi connectivity index (χ0n) is 8.01. The number of carboxylic acids is 1. The Morgan fingerprint density at radius 2 is 2.19 bits per heavy atom. The van der Waals surface area contributed by atoms with E-state index in [0.29, 0.717) is 4.47 Å².